The molecule has 148 valence electrons. The highest BCUT2D eigenvalue weighted by molar-refractivity contribution is 5.94. The van der Waals surface area contributed by atoms with Crippen LogP contribution in [0.4, 0.5) is 5.69 Å². The number of nitrogens with zero attached hydrogens (tertiary/aromatic N) is 4. The van der Waals surface area contributed by atoms with E-state index in [0.717, 1.165) is 48.7 Å². The fourth-order valence-corrected chi connectivity index (χ4v) is 3.74. The Hall–Kier alpha value is -3.28. The monoisotopic (exact) mass is 387 g/mol. The Morgan fingerprint density at radius 3 is 2.79 bits per heavy atom. The number of pyridine rings is 1. The van der Waals surface area contributed by atoms with Crippen molar-refractivity contribution < 1.29 is 4.79 Å². The van der Waals surface area contributed by atoms with E-state index in [9.17, 15) is 4.79 Å². The number of rotatable bonds is 5. The molecule has 1 N–H and O–H groups in total. The van der Waals surface area contributed by atoms with Crippen LogP contribution in [0.5, 0.6) is 0 Å². The van der Waals surface area contributed by atoms with Crippen LogP contribution in [0.15, 0.2) is 61.1 Å². The molecular weight excluding hydrogens is 362 g/mol. The molecule has 1 saturated heterocycles. The SMILES string of the molecule is Cc1nc(C2CCCN(c3cccnc3)C2)ncc1C(=O)NCc1ccccc1. The third-order valence-corrected chi connectivity index (χ3v) is 5.34. The summed E-state index contributed by atoms with van der Waals surface area (Å²) < 4.78 is 0. The molecule has 1 unspecified atom stereocenters. The van der Waals surface area contributed by atoms with Crippen LogP contribution in [0.1, 0.15) is 46.2 Å². The van der Waals surface area contributed by atoms with E-state index in [1.54, 1.807) is 12.4 Å². The zero-order chi connectivity index (χ0) is 20.1. The average molecular weight is 387 g/mol. The highest BCUT2D eigenvalue weighted by atomic mass is 16.1. The lowest BCUT2D eigenvalue weighted by molar-refractivity contribution is 0.0949. The number of amides is 1. The summed E-state index contributed by atoms with van der Waals surface area (Å²) in [7, 11) is 0. The van der Waals surface area contributed by atoms with E-state index in [2.05, 4.69) is 31.2 Å². The standard InChI is InChI=1S/C23H25N5O/c1-17-21(23(29)26-13-18-7-3-2-4-8-18)15-25-22(27-17)19-9-6-12-28(16-19)20-10-5-11-24-14-20/h2-5,7-8,10-11,14-15,19H,6,9,12-13,16H2,1H3,(H,26,29). The van der Waals surface area contributed by atoms with Gasteiger partial charge >= 0.3 is 0 Å². The zero-order valence-electron chi connectivity index (χ0n) is 16.6. The lowest BCUT2D eigenvalue weighted by atomic mass is 9.96. The third kappa shape index (κ3) is 4.59. The predicted molar refractivity (Wildman–Crippen MR) is 113 cm³/mol. The van der Waals surface area contributed by atoms with Crippen molar-refractivity contribution in [2.45, 2.75) is 32.2 Å². The molecule has 6 heteroatoms. The number of carbonyl (C=O) groups excluding carboxylic acids is 1. The number of hydrogen-bond donors (Lipinski definition) is 1. The van der Waals surface area contributed by atoms with Crippen molar-refractivity contribution >= 4 is 11.6 Å². The first-order valence-electron chi connectivity index (χ1n) is 10.0. The average Bonchev–Trinajstić information content (AvgIpc) is 2.79. The van der Waals surface area contributed by atoms with Crippen molar-refractivity contribution in [3.8, 4) is 0 Å². The first kappa shape index (κ1) is 19.1. The molecule has 0 aliphatic carbocycles. The van der Waals surface area contributed by atoms with Crippen LogP contribution in [0.2, 0.25) is 0 Å². The fourth-order valence-electron chi connectivity index (χ4n) is 3.74. The predicted octanol–water partition coefficient (Wildman–Crippen LogP) is 3.49. The van der Waals surface area contributed by atoms with E-state index in [4.69, 9.17) is 0 Å². The molecule has 0 spiro atoms. The molecule has 1 aliphatic rings. The number of benzene rings is 1. The van der Waals surface area contributed by atoms with Gasteiger partial charge in [0.2, 0.25) is 0 Å². The Kier molecular flexibility index (Phi) is 5.79. The smallest absolute Gasteiger partial charge is 0.254 e. The molecule has 1 atom stereocenters. The summed E-state index contributed by atoms with van der Waals surface area (Å²) in [6, 6.07) is 13.9. The zero-order valence-corrected chi connectivity index (χ0v) is 16.6. The number of aromatic nitrogens is 3. The molecule has 1 amide bonds. The van der Waals surface area contributed by atoms with Crippen molar-refractivity contribution in [3.63, 3.8) is 0 Å². The van der Waals surface area contributed by atoms with Gasteiger partial charge in [-0.25, -0.2) is 9.97 Å². The number of nitrogens with one attached hydrogen (secondary N) is 1. The van der Waals surface area contributed by atoms with E-state index in [1.807, 2.05) is 49.5 Å². The summed E-state index contributed by atoms with van der Waals surface area (Å²) in [5, 5.41) is 2.95. The van der Waals surface area contributed by atoms with E-state index < -0.39 is 0 Å². The molecule has 6 nitrogen and oxygen atoms in total. The maximum Gasteiger partial charge on any atom is 0.254 e. The van der Waals surface area contributed by atoms with Gasteiger partial charge in [0.1, 0.15) is 5.82 Å². The van der Waals surface area contributed by atoms with Gasteiger partial charge in [0.05, 0.1) is 23.1 Å². The van der Waals surface area contributed by atoms with Crippen LogP contribution in [0, 0.1) is 6.92 Å². The van der Waals surface area contributed by atoms with Gasteiger partial charge in [-0.2, -0.15) is 0 Å². The van der Waals surface area contributed by atoms with Crippen molar-refractivity contribution in [1.29, 1.82) is 0 Å². The lowest BCUT2D eigenvalue weighted by Crippen LogP contribution is -2.35. The normalized spacial score (nSPS) is 16.4. The molecule has 1 aromatic carbocycles. The van der Waals surface area contributed by atoms with Crippen molar-refractivity contribution in [2.75, 3.05) is 18.0 Å². The maximum absolute atomic E-state index is 12.6. The third-order valence-electron chi connectivity index (χ3n) is 5.34. The second-order valence-electron chi connectivity index (χ2n) is 7.39. The van der Waals surface area contributed by atoms with Crippen LogP contribution in [0.25, 0.3) is 0 Å². The second kappa shape index (κ2) is 8.82. The Morgan fingerprint density at radius 1 is 1.17 bits per heavy atom. The molecular formula is C23H25N5O. The molecule has 0 saturated carbocycles. The van der Waals surface area contributed by atoms with E-state index >= 15 is 0 Å². The van der Waals surface area contributed by atoms with E-state index in [1.165, 1.54) is 0 Å². The van der Waals surface area contributed by atoms with E-state index in [-0.39, 0.29) is 11.8 Å². The molecule has 3 aromatic rings. The van der Waals surface area contributed by atoms with Crippen LogP contribution >= 0.6 is 0 Å². The number of hydrogen-bond acceptors (Lipinski definition) is 5. The number of piperidine rings is 1. The minimum absolute atomic E-state index is 0.140. The quantitative estimate of drug-likeness (QED) is 0.726. The van der Waals surface area contributed by atoms with Gasteiger partial charge in [0.25, 0.3) is 5.91 Å². The molecule has 0 radical (unpaired) electrons. The lowest BCUT2D eigenvalue weighted by Gasteiger charge is -2.33. The number of aryl methyl sites for hydroxylation is 1. The molecule has 2 aromatic heterocycles. The first-order chi connectivity index (χ1) is 14.2. The van der Waals surface area contributed by atoms with E-state index in [0.29, 0.717) is 12.1 Å². The van der Waals surface area contributed by atoms with Crippen LogP contribution in [0.3, 0.4) is 0 Å². The summed E-state index contributed by atoms with van der Waals surface area (Å²) >= 11 is 0. The minimum atomic E-state index is -0.140. The Labute approximate surface area is 171 Å². The highest BCUT2D eigenvalue weighted by Gasteiger charge is 2.24. The van der Waals surface area contributed by atoms with Crippen LogP contribution in [-0.2, 0) is 6.54 Å². The van der Waals surface area contributed by atoms with Gasteiger partial charge in [-0.05, 0) is 37.5 Å². The second-order valence-corrected chi connectivity index (χ2v) is 7.39. The first-order valence-corrected chi connectivity index (χ1v) is 10.0. The van der Waals surface area contributed by atoms with Gasteiger partial charge in [0, 0.05) is 37.9 Å². The molecule has 1 fully saturated rings. The van der Waals surface area contributed by atoms with Gasteiger partial charge in [0.15, 0.2) is 0 Å². The summed E-state index contributed by atoms with van der Waals surface area (Å²) in [5.41, 5.74) is 3.45. The fraction of sp³-hybridized carbons (Fsp3) is 0.304. The Balaban J connectivity index is 1.43. The number of carbonyl (C=O) groups is 1. The largest absolute Gasteiger partial charge is 0.370 e. The Morgan fingerprint density at radius 2 is 2.03 bits per heavy atom. The summed E-state index contributed by atoms with van der Waals surface area (Å²) in [4.78, 5) is 28.4. The highest BCUT2D eigenvalue weighted by Crippen LogP contribution is 2.28. The van der Waals surface area contributed by atoms with Crippen molar-refractivity contribution in [3.05, 3.63) is 83.7 Å². The minimum Gasteiger partial charge on any atom is -0.370 e. The number of anilines is 1. The topological polar surface area (TPSA) is 71.0 Å². The van der Waals surface area contributed by atoms with Crippen molar-refractivity contribution in [1.82, 2.24) is 20.3 Å². The van der Waals surface area contributed by atoms with Gasteiger partial charge in [-0.3, -0.25) is 9.78 Å². The molecule has 3 heterocycles. The summed E-state index contributed by atoms with van der Waals surface area (Å²) in [6.07, 6.45) is 7.49. The molecule has 4 rings (SSSR count). The molecule has 1 aliphatic heterocycles. The van der Waals surface area contributed by atoms with Gasteiger partial charge < -0.3 is 10.2 Å². The van der Waals surface area contributed by atoms with Gasteiger partial charge in [-0.15, -0.1) is 0 Å². The van der Waals surface area contributed by atoms with Crippen LogP contribution in [-0.4, -0.2) is 33.9 Å². The van der Waals surface area contributed by atoms with Crippen LogP contribution < -0.4 is 10.2 Å². The maximum atomic E-state index is 12.6. The summed E-state index contributed by atoms with van der Waals surface area (Å²) in [6.45, 7) is 4.25. The molecule has 0 bridgehead atoms. The summed E-state index contributed by atoms with van der Waals surface area (Å²) in [5.74, 6) is 0.929. The Bertz CT molecular complexity index is 962. The molecule has 29 heavy (non-hydrogen) atoms. The van der Waals surface area contributed by atoms with Crippen molar-refractivity contribution in [2.24, 2.45) is 0 Å². The van der Waals surface area contributed by atoms with Gasteiger partial charge in [-0.1, -0.05) is 30.3 Å².